The number of hydrogen-bond donors (Lipinski definition) is 2. The summed E-state index contributed by atoms with van der Waals surface area (Å²) in [7, 11) is 0. The van der Waals surface area contributed by atoms with Gasteiger partial charge in [0.1, 0.15) is 0 Å². The van der Waals surface area contributed by atoms with Crippen LogP contribution in [0.2, 0.25) is 0 Å². The van der Waals surface area contributed by atoms with Crippen LogP contribution in [-0.4, -0.2) is 24.3 Å². The van der Waals surface area contributed by atoms with Gasteiger partial charge in [0.25, 0.3) is 0 Å². The predicted molar refractivity (Wildman–Crippen MR) is 91.9 cm³/mol. The van der Waals surface area contributed by atoms with Crippen molar-refractivity contribution in [1.29, 1.82) is 0 Å². The van der Waals surface area contributed by atoms with Crippen molar-refractivity contribution in [2.24, 2.45) is 0 Å². The van der Waals surface area contributed by atoms with Crippen LogP contribution in [0.5, 0.6) is 0 Å². The third-order valence-electron chi connectivity index (χ3n) is 3.79. The molecule has 3 amide bonds. The van der Waals surface area contributed by atoms with Gasteiger partial charge in [-0.2, -0.15) is 0 Å². The lowest BCUT2D eigenvalue weighted by molar-refractivity contribution is -0.134. The number of para-hydroxylation sites is 1. The lowest BCUT2D eigenvalue weighted by atomic mass is 10.2. The van der Waals surface area contributed by atoms with Crippen LogP contribution in [0.1, 0.15) is 12.5 Å². The molecule has 6 nitrogen and oxygen atoms in total. The highest BCUT2D eigenvalue weighted by atomic mass is 16.2. The molecule has 1 aliphatic rings. The van der Waals surface area contributed by atoms with E-state index in [9.17, 15) is 14.4 Å². The second-order valence-corrected chi connectivity index (χ2v) is 5.55. The van der Waals surface area contributed by atoms with Gasteiger partial charge in [0, 0.05) is 30.5 Å². The van der Waals surface area contributed by atoms with Crippen molar-refractivity contribution in [2.75, 3.05) is 22.1 Å². The van der Waals surface area contributed by atoms with Crippen molar-refractivity contribution >= 4 is 34.8 Å². The average Bonchev–Trinajstić information content (AvgIpc) is 2.99. The maximum atomic E-state index is 12.4. The molecule has 3 rings (SSSR count). The average molecular weight is 323 g/mol. The zero-order valence-electron chi connectivity index (χ0n) is 13.2. The van der Waals surface area contributed by atoms with Crippen LogP contribution < -0.4 is 15.5 Å². The monoisotopic (exact) mass is 323 g/mol. The second-order valence-electron chi connectivity index (χ2n) is 5.55. The van der Waals surface area contributed by atoms with Crippen molar-refractivity contribution in [1.82, 2.24) is 0 Å². The van der Waals surface area contributed by atoms with Crippen LogP contribution in [0.25, 0.3) is 0 Å². The fourth-order valence-electron chi connectivity index (χ4n) is 2.70. The molecule has 0 aromatic heterocycles. The molecule has 0 saturated carbocycles. The zero-order valence-corrected chi connectivity index (χ0v) is 13.2. The molecule has 0 aliphatic carbocycles. The Morgan fingerprint density at radius 3 is 2.21 bits per heavy atom. The molecule has 0 spiro atoms. The van der Waals surface area contributed by atoms with Gasteiger partial charge in [0.05, 0.1) is 0 Å². The molecule has 0 atom stereocenters. The Labute approximate surface area is 139 Å². The van der Waals surface area contributed by atoms with E-state index in [1.807, 2.05) is 24.3 Å². The van der Waals surface area contributed by atoms with Gasteiger partial charge < -0.3 is 15.5 Å². The molecular weight excluding hydrogens is 306 g/mol. The third-order valence-corrected chi connectivity index (χ3v) is 3.79. The first-order valence-corrected chi connectivity index (χ1v) is 7.63. The number of nitrogens with one attached hydrogen (secondary N) is 2. The maximum Gasteiger partial charge on any atom is 0.316 e. The summed E-state index contributed by atoms with van der Waals surface area (Å²) in [5, 5.41) is 5.22. The molecule has 2 aromatic rings. The van der Waals surface area contributed by atoms with Gasteiger partial charge in [0.2, 0.25) is 5.91 Å². The highest BCUT2D eigenvalue weighted by Crippen LogP contribution is 2.27. The highest BCUT2D eigenvalue weighted by molar-refractivity contribution is 6.44. The summed E-state index contributed by atoms with van der Waals surface area (Å²) >= 11 is 0. The van der Waals surface area contributed by atoms with Crippen molar-refractivity contribution in [3.8, 4) is 0 Å². The molecule has 0 unspecified atom stereocenters. The molecule has 0 bridgehead atoms. The SMILES string of the molecule is CC(=O)Nc1ccc(NC(=O)C(=O)N2CCc3ccccc32)cc1. The number of nitrogens with zero attached hydrogens (tertiary/aromatic N) is 1. The van der Waals surface area contributed by atoms with Gasteiger partial charge in [-0.1, -0.05) is 18.2 Å². The molecule has 1 aliphatic heterocycles. The van der Waals surface area contributed by atoms with E-state index in [0.717, 1.165) is 17.7 Å². The Kier molecular flexibility index (Phi) is 4.29. The first-order chi connectivity index (χ1) is 11.5. The van der Waals surface area contributed by atoms with E-state index in [0.29, 0.717) is 17.9 Å². The maximum absolute atomic E-state index is 12.4. The Morgan fingerprint density at radius 1 is 0.917 bits per heavy atom. The summed E-state index contributed by atoms with van der Waals surface area (Å²) in [4.78, 5) is 37.1. The minimum absolute atomic E-state index is 0.172. The van der Waals surface area contributed by atoms with E-state index in [2.05, 4.69) is 10.6 Å². The van der Waals surface area contributed by atoms with E-state index in [1.54, 1.807) is 24.3 Å². The zero-order chi connectivity index (χ0) is 17.1. The molecular formula is C18H17N3O3. The number of carbonyl (C=O) groups is 3. The second kappa shape index (κ2) is 6.54. The molecule has 2 aromatic carbocycles. The highest BCUT2D eigenvalue weighted by Gasteiger charge is 2.28. The molecule has 0 fully saturated rings. The van der Waals surface area contributed by atoms with Gasteiger partial charge >= 0.3 is 11.8 Å². The van der Waals surface area contributed by atoms with E-state index in [-0.39, 0.29) is 5.91 Å². The Morgan fingerprint density at radius 2 is 1.54 bits per heavy atom. The standard InChI is InChI=1S/C18H17N3O3/c1-12(22)19-14-6-8-15(9-7-14)20-17(23)18(24)21-11-10-13-4-2-3-5-16(13)21/h2-9H,10-11H2,1H3,(H,19,22)(H,20,23). The van der Waals surface area contributed by atoms with Crippen molar-refractivity contribution in [3.05, 3.63) is 54.1 Å². The van der Waals surface area contributed by atoms with E-state index < -0.39 is 11.8 Å². The minimum Gasteiger partial charge on any atom is -0.326 e. The quantitative estimate of drug-likeness (QED) is 0.832. The van der Waals surface area contributed by atoms with Crippen LogP contribution in [-0.2, 0) is 20.8 Å². The molecule has 1 heterocycles. The number of fused-ring (bicyclic) bond motifs is 1. The Hall–Kier alpha value is -3.15. The van der Waals surface area contributed by atoms with Gasteiger partial charge in [0.15, 0.2) is 0 Å². The van der Waals surface area contributed by atoms with E-state index in [1.165, 1.54) is 11.8 Å². The summed E-state index contributed by atoms with van der Waals surface area (Å²) in [6.07, 6.45) is 0.751. The third kappa shape index (κ3) is 3.27. The molecule has 122 valence electrons. The summed E-state index contributed by atoms with van der Waals surface area (Å²) in [5.74, 6) is -1.43. The van der Waals surface area contributed by atoms with E-state index in [4.69, 9.17) is 0 Å². The van der Waals surface area contributed by atoms with Crippen LogP contribution in [0, 0.1) is 0 Å². The fourth-order valence-corrected chi connectivity index (χ4v) is 2.70. The first-order valence-electron chi connectivity index (χ1n) is 7.63. The molecule has 0 saturated heterocycles. The van der Waals surface area contributed by atoms with Crippen LogP contribution >= 0.6 is 0 Å². The molecule has 6 heteroatoms. The van der Waals surface area contributed by atoms with Gasteiger partial charge in [-0.15, -0.1) is 0 Å². The fraction of sp³-hybridized carbons (Fsp3) is 0.167. The smallest absolute Gasteiger partial charge is 0.316 e. The topological polar surface area (TPSA) is 78.5 Å². The first kappa shape index (κ1) is 15.7. The lowest BCUT2D eigenvalue weighted by Crippen LogP contribution is -2.38. The summed E-state index contributed by atoms with van der Waals surface area (Å²) in [5.41, 5.74) is 2.98. The number of benzene rings is 2. The number of rotatable bonds is 2. The number of carbonyl (C=O) groups excluding carboxylic acids is 3. The van der Waals surface area contributed by atoms with Gasteiger partial charge in [-0.3, -0.25) is 14.4 Å². The number of amides is 3. The number of hydrogen-bond acceptors (Lipinski definition) is 3. The van der Waals surface area contributed by atoms with Crippen LogP contribution in [0.3, 0.4) is 0 Å². The van der Waals surface area contributed by atoms with Crippen LogP contribution in [0.15, 0.2) is 48.5 Å². The molecule has 2 N–H and O–H groups in total. The lowest BCUT2D eigenvalue weighted by Gasteiger charge is -2.16. The summed E-state index contributed by atoms with van der Waals surface area (Å²) < 4.78 is 0. The Bertz CT molecular complexity index is 799. The minimum atomic E-state index is -0.681. The molecule has 0 radical (unpaired) electrons. The van der Waals surface area contributed by atoms with Crippen LogP contribution in [0.4, 0.5) is 17.1 Å². The van der Waals surface area contributed by atoms with Gasteiger partial charge in [-0.05, 0) is 42.3 Å². The van der Waals surface area contributed by atoms with Crippen molar-refractivity contribution in [3.63, 3.8) is 0 Å². The Balaban J connectivity index is 1.67. The largest absolute Gasteiger partial charge is 0.326 e. The van der Waals surface area contributed by atoms with Crippen molar-refractivity contribution in [2.45, 2.75) is 13.3 Å². The van der Waals surface area contributed by atoms with Crippen molar-refractivity contribution < 1.29 is 14.4 Å². The summed E-state index contributed by atoms with van der Waals surface area (Å²) in [6, 6.07) is 14.2. The molecule has 24 heavy (non-hydrogen) atoms. The summed E-state index contributed by atoms with van der Waals surface area (Å²) in [6.45, 7) is 1.93. The normalized spacial score (nSPS) is 12.5. The van der Waals surface area contributed by atoms with E-state index >= 15 is 0 Å². The number of anilines is 3. The van der Waals surface area contributed by atoms with Gasteiger partial charge in [-0.25, -0.2) is 0 Å². The predicted octanol–water partition coefficient (Wildman–Crippen LogP) is 2.17.